The lowest BCUT2D eigenvalue weighted by atomic mass is 9.98. The Morgan fingerprint density at radius 1 is 1.16 bits per heavy atom. The van der Waals surface area contributed by atoms with E-state index in [1.807, 2.05) is 29.2 Å². The number of hydrogen-bond acceptors (Lipinski definition) is 4. The molecule has 2 N–H and O–H groups in total. The lowest BCUT2D eigenvalue weighted by molar-refractivity contribution is 0.0758. The molecule has 25 heavy (non-hydrogen) atoms. The minimum absolute atomic E-state index is 0.0260. The maximum atomic E-state index is 13.3. The second-order valence-corrected chi connectivity index (χ2v) is 7.12. The van der Waals surface area contributed by atoms with Crippen molar-refractivity contribution in [2.45, 2.75) is 40.0 Å². The Morgan fingerprint density at radius 3 is 2.36 bits per heavy atom. The number of nitrogen functional groups attached to an aromatic ring is 1. The van der Waals surface area contributed by atoms with E-state index in [0.717, 1.165) is 54.1 Å². The zero-order valence-corrected chi connectivity index (χ0v) is 16.4. The standard InChI is InChI=1S/C20H28N2O2S/c1-5-12-22(13-6-2)20(23)18-17(16(7-3)25-19(18)21)14-10-8-9-11-15(14)24-4/h8-11H,5-7,12-13,21H2,1-4H3. The number of hydrogen-bond donors (Lipinski definition) is 1. The second kappa shape index (κ2) is 8.90. The van der Waals surface area contributed by atoms with E-state index >= 15 is 0 Å². The highest BCUT2D eigenvalue weighted by Crippen LogP contribution is 2.43. The molecule has 1 aromatic heterocycles. The SMILES string of the molecule is CCCN(CCC)C(=O)c1c(N)sc(CC)c1-c1ccccc1OC. The number of aryl methyl sites for hydroxylation is 1. The molecular weight excluding hydrogens is 332 g/mol. The molecule has 0 radical (unpaired) electrons. The molecule has 1 aromatic carbocycles. The molecular formula is C20H28N2O2S. The highest BCUT2D eigenvalue weighted by atomic mass is 32.1. The van der Waals surface area contributed by atoms with Gasteiger partial charge in [-0.3, -0.25) is 4.79 Å². The van der Waals surface area contributed by atoms with Gasteiger partial charge in [-0.15, -0.1) is 11.3 Å². The third-order valence-corrected chi connectivity index (χ3v) is 5.36. The molecule has 0 spiro atoms. The summed E-state index contributed by atoms with van der Waals surface area (Å²) in [6.45, 7) is 7.76. The van der Waals surface area contributed by atoms with Gasteiger partial charge in [0.05, 0.1) is 17.7 Å². The Kier molecular flexibility index (Phi) is 6.88. The Morgan fingerprint density at radius 2 is 1.80 bits per heavy atom. The van der Waals surface area contributed by atoms with E-state index in [9.17, 15) is 4.79 Å². The molecule has 2 rings (SSSR count). The number of ether oxygens (including phenoxy) is 1. The van der Waals surface area contributed by atoms with E-state index in [1.165, 1.54) is 11.3 Å². The van der Waals surface area contributed by atoms with Crippen LogP contribution in [0.25, 0.3) is 11.1 Å². The molecule has 0 aliphatic carbocycles. The summed E-state index contributed by atoms with van der Waals surface area (Å²) in [5.41, 5.74) is 8.81. The molecule has 4 nitrogen and oxygen atoms in total. The Hall–Kier alpha value is -2.01. The molecule has 0 aliphatic heterocycles. The van der Waals surface area contributed by atoms with E-state index in [1.54, 1.807) is 7.11 Å². The fraction of sp³-hybridized carbons (Fsp3) is 0.450. The summed E-state index contributed by atoms with van der Waals surface area (Å²) in [4.78, 5) is 16.3. The molecule has 2 aromatic rings. The Balaban J connectivity index is 2.62. The first-order chi connectivity index (χ1) is 12.1. The van der Waals surface area contributed by atoms with Gasteiger partial charge in [-0.05, 0) is 25.3 Å². The summed E-state index contributed by atoms with van der Waals surface area (Å²) in [5.74, 6) is 0.791. The second-order valence-electron chi connectivity index (χ2n) is 5.99. The number of benzene rings is 1. The van der Waals surface area contributed by atoms with Gasteiger partial charge in [0.25, 0.3) is 5.91 Å². The van der Waals surface area contributed by atoms with Gasteiger partial charge in [-0.1, -0.05) is 39.0 Å². The minimum atomic E-state index is 0.0260. The third kappa shape index (κ3) is 3.98. The molecule has 0 aliphatic rings. The van der Waals surface area contributed by atoms with Crippen molar-refractivity contribution in [2.75, 3.05) is 25.9 Å². The van der Waals surface area contributed by atoms with Crippen molar-refractivity contribution in [1.29, 1.82) is 0 Å². The molecule has 0 saturated heterocycles. The summed E-state index contributed by atoms with van der Waals surface area (Å²) in [6, 6.07) is 7.83. The van der Waals surface area contributed by atoms with Gasteiger partial charge in [0, 0.05) is 29.1 Å². The van der Waals surface area contributed by atoms with Crippen LogP contribution in [0.2, 0.25) is 0 Å². The van der Waals surface area contributed by atoms with Crippen LogP contribution in [0.3, 0.4) is 0 Å². The van der Waals surface area contributed by atoms with Gasteiger partial charge in [0.15, 0.2) is 0 Å². The van der Waals surface area contributed by atoms with Crippen LogP contribution < -0.4 is 10.5 Å². The number of carbonyl (C=O) groups excluding carboxylic acids is 1. The number of nitrogens with two attached hydrogens (primary N) is 1. The average Bonchev–Trinajstić information content (AvgIpc) is 2.97. The normalized spacial score (nSPS) is 10.7. The van der Waals surface area contributed by atoms with Crippen molar-refractivity contribution < 1.29 is 9.53 Å². The van der Waals surface area contributed by atoms with Gasteiger partial charge in [0.1, 0.15) is 5.75 Å². The lowest BCUT2D eigenvalue weighted by Gasteiger charge is -2.22. The molecule has 1 heterocycles. The number of nitrogens with zero attached hydrogens (tertiary/aromatic N) is 1. The average molecular weight is 361 g/mol. The van der Waals surface area contributed by atoms with Crippen molar-refractivity contribution in [3.63, 3.8) is 0 Å². The molecule has 0 saturated carbocycles. The molecule has 1 amide bonds. The first-order valence-corrected chi connectivity index (χ1v) is 9.74. The molecule has 0 bridgehead atoms. The van der Waals surface area contributed by atoms with Crippen molar-refractivity contribution in [3.05, 3.63) is 34.7 Å². The van der Waals surface area contributed by atoms with E-state index < -0.39 is 0 Å². The van der Waals surface area contributed by atoms with Crippen LogP contribution in [0, 0.1) is 0 Å². The molecule has 0 unspecified atom stereocenters. The van der Waals surface area contributed by atoms with E-state index in [2.05, 4.69) is 20.8 Å². The maximum Gasteiger partial charge on any atom is 0.257 e. The number of thiophene rings is 1. The van der Waals surface area contributed by atoms with Crippen LogP contribution in [-0.4, -0.2) is 31.0 Å². The molecule has 5 heteroatoms. The third-order valence-electron chi connectivity index (χ3n) is 4.19. The monoisotopic (exact) mass is 360 g/mol. The van der Waals surface area contributed by atoms with Crippen molar-refractivity contribution in [2.24, 2.45) is 0 Å². The first-order valence-electron chi connectivity index (χ1n) is 8.92. The summed E-state index contributed by atoms with van der Waals surface area (Å²) in [7, 11) is 1.65. The number of anilines is 1. The van der Waals surface area contributed by atoms with Gasteiger partial charge in [0.2, 0.25) is 0 Å². The highest BCUT2D eigenvalue weighted by Gasteiger charge is 2.27. The van der Waals surface area contributed by atoms with Crippen LogP contribution in [-0.2, 0) is 6.42 Å². The number of methoxy groups -OCH3 is 1. The van der Waals surface area contributed by atoms with Crippen LogP contribution in [0.4, 0.5) is 5.00 Å². The quantitative estimate of drug-likeness (QED) is 0.733. The predicted molar refractivity (Wildman–Crippen MR) is 107 cm³/mol. The Labute approximate surface area is 154 Å². The molecule has 0 atom stereocenters. The van der Waals surface area contributed by atoms with Gasteiger partial charge in [-0.2, -0.15) is 0 Å². The predicted octanol–water partition coefficient (Wildman–Crippen LogP) is 4.83. The van der Waals surface area contributed by atoms with Gasteiger partial charge in [-0.25, -0.2) is 0 Å². The fourth-order valence-corrected chi connectivity index (χ4v) is 4.12. The van der Waals surface area contributed by atoms with Crippen LogP contribution in [0.15, 0.2) is 24.3 Å². The van der Waals surface area contributed by atoms with Crippen molar-refractivity contribution in [1.82, 2.24) is 4.90 Å². The highest BCUT2D eigenvalue weighted by molar-refractivity contribution is 7.17. The largest absolute Gasteiger partial charge is 0.496 e. The zero-order chi connectivity index (χ0) is 18.4. The molecule has 0 fully saturated rings. The van der Waals surface area contributed by atoms with Gasteiger partial charge < -0.3 is 15.4 Å². The van der Waals surface area contributed by atoms with E-state index in [-0.39, 0.29) is 5.91 Å². The number of rotatable bonds is 8. The maximum absolute atomic E-state index is 13.3. The summed E-state index contributed by atoms with van der Waals surface area (Å²) < 4.78 is 5.54. The number of para-hydroxylation sites is 1. The van der Waals surface area contributed by atoms with Crippen LogP contribution in [0.1, 0.15) is 48.8 Å². The fourth-order valence-electron chi connectivity index (χ4n) is 3.11. The van der Waals surface area contributed by atoms with Crippen molar-refractivity contribution >= 4 is 22.2 Å². The summed E-state index contributed by atoms with van der Waals surface area (Å²) in [6.07, 6.45) is 2.69. The van der Waals surface area contributed by atoms with E-state index in [0.29, 0.717) is 10.6 Å². The topological polar surface area (TPSA) is 55.6 Å². The minimum Gasteiger partial charge on any atom is -0.496 e. The smallest absolute Gasteiger partial charge is 0.257 e. The lowest BCUT2D eigenvalue weighted by Crippen LogP contribution is -2.33. The Bertz CT molecular complexity index is 718. The van der Waals surface area contributed by atoms with E-state index in [4.69, 9.17) is 10.5 Å². The van der Waals surface area contributed by atoms with Crippen LogP contribution in [0.5, 0.6) is 5.75 Å². The number of carbonyl (C=O) groups is 1. The van der Waals surface area contributed by atoms with Gasteiger partial charge >= 0.3 is 0 Å². The molecule has 136 valence electrons. The summed E-state index contributed by atoms with van der Waals surface area (Å²) in [5, 5.41) is 0.597. The van der Waals surface area contributed by atoms with Crippen molar-refractivity contribution in [3.8, 4) is 16.9 Å². The number of amides is 1. The zero-order valence-electron chi connectivity index (χ0n) is 15.6. The van der Waals surface area contributed by atoms with Crippen LogP contribution >= 0.6 is 11.3 Å². The first kappa shape index (κ1) is 19.3. The summed E-state index contributed by atoms with van der Waals surface area (Å²) >= 11 is 1.51.